The highest BCUT2D eigenvalue weighted by atomic mass is 32.2. The molecule has 15 heavy (non-hydrogen) atoms. The fourth-order valence-corrected chi connectivity index (χ4v) is 1.78. The molecular weight excluding hydrogens is 218 g/mol. The van der Waals surface area contributed by atoms with Crippen LogP contribution in [-0.2, 0) is 10.0 Å². The topological polar surface area (TPSA) is 113 Å². The number of benzene rings is 1. The molecule has 0 bridgehead atoms. The second-order valence-electron chi connectivity index (χ2n) is 2.61. The van der Waals surface area contributed by atoms with E-state index in [0.29, 0.717) is 5.56 Å². The lowest BCUT2D eigenvalue weighted by Gasteiger charge is -2.03. The molecule has 1 aromatic rings. The van der Waals surface area contributed by atoms with Gasteiger partial charge < -0.3 is 5.73 Å². The maximum absolute atomic E-state index is 11.3. The summed E-state index contributed by atoms with van der Waals surface area (Å²) in [5.41, 5.74) is 5.02. The average molecular weight is 225 g/mol. The van der Waals surface area contributed by atoms with E-state index < -0.39 is 16.1 Å². The zero-order valence-electron chi connectivity index (χ0n) is 7.47. The quantitative estimate of drug-likeness (QED) is 0.732. The predicted molar refractivity (Wildman–Crippen MR) is 51.1 cm³/mol. The average Bonchev–Trinajstić information content (AvgIpc) is 2.16. The Labute approximate surface area is 86.4 Å². The highest BCUT2D eigenvalue weighted by Crippen LogP contribution is 2.09. The summed E-state index contributed by atoms with van der Waals surface area (Å²) in [7, 11) is -3.92. The summed E-state index contributed by atoms with van der Waals surface area (Å²) in [5.74, 6) is 0. The van der Waals surface area contributed by atoms with Crippen molar-refractivity contribution in [3.63, 3.8) is 0 Å². The number of amides is 2. The van der Waals surface area contributed by atoms with Gasteiger partial charge in [-0.3, -0.25) is 0 Å². The molecule has 0 spiro atoms. The van der Waals surface area contributed by atoms with Crippen LogP contribution >= 0.6 is 0 Å². The number of nitrogens with two attached hydrogens (primary N) is 1. The molecule has 7 heteroatoms. The van der Waals surface area contributed by atoms with Crippen molar-refractivity contribution in [3.05, 3.63) is 29.8 Å². The zero-order chi connectivity index (χ0) is 11.5. The van der Waals surface area contributed by atoms with Gasteiger partial charge in [0.25, 0.3) is 10.0 Å². The summed E-state index contributed by atoms with van der Waals surface area (Å²) in [4.78, 5) is 10.3. The summed E-state index contributed by atoms with van der Waals surface area (Å²) < 4.78 is 24.3. The van der Waals surface area contributed by atoms with Crippen molar-refractivity contribution in [3.8, 4) is 6.07 Å². The smallest absolute Gasteiger partial charge is 0.326 e. The van der Waals surface area contributed by atoms with Gasteiger partial charge in [-0.2, -0.15) is 5.26 Å². The van der Waals surface area contributed by atoms with Crippen LogP contribution in [0.15, 0.2) is 29.2 Å². The molecule has 0 saturated heterocycles. The van der Waals surface area contributed by atoms with Crippen molar-refractivity contribution >= 4 is 16.1 Å². The molecule has 6 nitrogen and oxygen atoms in total. The number of rotatable bonds is 2. The van der Waals surface area contributed by atoms with Crippen LogP contribution in [0.25, 0.3) is 0 Å². The Balaban J connectivity index is 3.07. The van der Waals surface area contributed by atoms with Crippen LogP contribution in [0.4, 0.5) is 4.79 Å². The van der Waals surface area contributed by atoms with E-state index in [2.05, 4.69) is 0 Å². The first-order chi connectivity index (χ1) is 6.95. The summed E-state index contributed by atoms with van der Waals surface area (Å²) in [6.45, 7) is 0. The van der Waals surface area contributed by atoms with Crippen molar-refractivity contribution in [1.29, 1.82) is 5.26 Å². The number of primary amides is 1. The van der Waals surface area contributed by atoms with Crippen molar-refractivity contribution in [2.45, 2.75) is 4.90 Å². The Morgan fingerprint density at radius 3 is 2.27 bits per heavy atom. The second-order valence-corrected chi connectivity index (χ2v) is 4.29. The minimum atomic E-state index is -3.92. The van der Waals surface area contributed by atoms with Crippen LogP contribution in [-0.4, -0.2) is 14.4 Å². The lowest BCUT2D eigenvalue weighted by Crippen LogP contribution is -2.34. The minimum absolute atomic E-state index is 0.125. The number of carbonyl (C=O) groups excluding carboxylic acids is 1. The van der Waals surface area contributed by atoms with Crippen molar-refractivity contribution in [2.75, 3.05) is 0 Å². The Morgan fingerprint density at radius 1 is 1.33 bits per heavy atom. The van der Waals surface area contributed by atoms with Gasteiger partial charge in [0.15, 0.2) is 0 Å². The van der Waals surface area contributed by atoms with Crippen molar-refractivity contribution < 1.29 is 13.2 Å². The highest BCUT2D eigenvalue weighted by Gasteiger charge is 2.15. The summed E-state index contributed by atoms with van der Waals surface area (Å²) in [6.07, 6.45) is 0. The molecule has 1 rings (SSSR count). The monoisotopic (exact) mass is 225 g/mol. The van der Waals surface area contributed by atoms with Gasteiger partial charge >= 0.3 is 6.03 Å². The predicted octanol–water partition coefficient (Wildman–Crippen LogP) is -0.0847. The third-order valence-corrected chi connectivity index (χ3v) is 2.89. The number of nitrogens with one attached hydrogen (secondary N) is 1. The van der Waals surface area contributed by atoms with Crippen molar-refractivity contribution in [2.24, 2.45) is 5.73 Å². The first-order valence-electron chi connectivity index (χ1n) is 3.78. The Morgan fingerprint density at radius 2 is 1.87 bits per heavy atom. The summed E-state index contributed by atoms with van der Waals surface area (Å²) in [5, 5.41) is 8.49. The fourth-order valence-electron chi connectivity index (χ4n) is 0.900. The van der Waals surface area contributed by atoms with E-state index in [-0.39, 0.29) is 4.90 Å². The highest BCUT2D eigenvalue weighted by molar-refractivity contribution is 7.90. The number of hydrogen-bond donors (Lipinski definition) is 2. The van der Waals surface area contributed by atoms with Crippen LogP contribution in [0, 0.1) is 11.3 Å². The zero-order valence-corrected chi connectivity index (χ0v) is 8.28. The molecule has 0 radical (unpaired) electrons. The van der Waals surface area contributed by atoms with Gasteiger partial charge in [0, 0.05) is 0 Å². The van der Waals surface area contributed by atoms with E-state index in [9.17, 15) is 13.2 Å². The summed E-state index contributed by atoms with van der Waals surface area (Å²) >= 11 is 0. The van der Waals surface area contributed by atoms with Gasteiger partial charge in [-0.25, -0.2) is 17.9 Å². The van der Waals surface area contributed by atoms with Crippen LogP contribution in [0.1, 0.15) is 5.56 Å². The van der Waals surface area contributed by atoms with Gasteiger partial charge in [0.05, 0.1) is 16.5 Å². The molecule has 1 aromatic carbocycles. The van der Waals surface area contributed by atoms with Gasteiger partial charge in [-0.15, -0.1) is 0 Å². The van der Waals surface area contributed by atoms with E-state index in [1.807, 2.05) is 6.07 Å². The maximum atomic E-state index is 11.3. The van der Waals surface area contributed by atoms with E-state index in [1.54, 1.807) is 4.72 Å². The SMILES string of the molecule is N#Cc1ccc(S(=O)(=O)NC(N)=O)cc1. The van der Waals surface area contributed by atoms with E-state index in [4.69, 9.17) is 11.0 Å². The van der Waals surface area contributed by atoms with E-state index in [0.717, 1.165) is 0 Å². The Kier molecular flexibility index (Phi) is 2.92. The molecule has 2 amide bonds. The first-order valence-corrected chi connectivity index (χ1v) is 5.26. The molecule has 3 N–H and O–H groups in total. The van der Waals surface area contributed by atoms with Gasteiger partial charge in [-0.05, 0) is 24.3 Å². The molecular formula is C8H7N3O3S. The summed E-state index contributed by atoms with van der Waals surface area (Å²) in [6, 6.07) is 5.77. The Hall–Kier alpha value is -2.07. The molecule has 0 atom stereocenters. The fraction of sp³-hybridized carbons (Fsp3) is 0. The number of nitrogens with zero attached hydrogens (tertiary/aromatic N) is 1. The molecule has 78 valence electrons. The van der Waals surface area contributed by atoms with Crippen molar-refractivity contribution in [1.82, 2.24) is 4.72 Å². The molecule has 0 fully saturated rings. The van der Waals surface area contributed by atoms with E-state index in [1.165, 1.54) is 24.3 Å². The molecule has 0 unspecified atom stereocenters. The molecule has 0 heterocycles. The third-order valence-electron chi connectivity index (χ3n) is 1.53. The largest absolute Gasteiger partial charge is 0.351 e. The number of sulfonamides is 1. The number of carbonyl (C=O) groups is 1. The lowest BCUT2D eigenvalue weighted by atomic mass is 10.2. The number of hydrogen-bond acceptors (Lipinski definition) is 4. The van der Waals surface area contributed by atoms with Gasteiger partial charge in [0.2, 0.25) is 0 Å². The molecule has 0 aliphatic heterocycles. The third kappa shape index (κ3) is 2.69. The van der Waals surface area contributed by atoms with Crippen LogP contribution in [0.5, 0.6) is 0 Å². The normalized spacial score (nSPS) is 10.3. The van der Waals surface area contributed by atoms with Gasteiger partial charge in [-0.1, -0.05) is 0 Å². The molecule has 0 aliphatic carbocycles. The lowest BCUT2D eigenvalue weighted by molar-refractivity contribution is 0.253. The van der Waals surface area contributed by atoms with Crippen LogP contribution in [0.2, 0.25) is 0 Å². The second kappa shape index (κ2) is 3.98. The van der Waals surface area contributed by atoms with Gasteiger partial charge in [0.1, 0.15) is 0 Å². The van der Waals surface area contributed by atoms with E-state index >= 15 is 0 Å². The number of urea groups is 1. The Bertz CT molecular complexity index is 513. The minimum Gasteiger partial charge on any atom is -0.351 e. The number of nitriles is 1. The standard InChI is InChI=1S/C8H7N3O3S/c9-5-6-1-3-7(4-2-6)15(13,14)11-8(10)12/h1-4H,(H3,10,11,12). The maximum Gasteiger partial charge on any atom is 0.326 e. The molecule has 0 aromatic heterocycles. The molecule has 0 saturated carbocycles. The first kappa shape index (κ1) is 11.0. The molecule has 0 aliphatic rings. The van der Waals surface area contributed by atoms with Crippen LogP contribution < -0.4 is 10.5 Å². The van der Waals surface area contributed by atoms with Crippen LogP contribution in [0.3, 0.4) is 0 Å².